The van der Waals surface area contributed by atoms with Crippen LogP contribution in [0.4, 0.5) is 0 Å². The minimum Gasteiger partial charge on any atom is -0.462 e. The third-order valence-electron chi connectivity index (χ3n) is 8.32. The van der Waals surface area contributed by atoms with E-state index >= 15 is 0 Å². The zero-order valence-corrected chi connectivity index (χ0v) is 36.0. The predicted octanol–water partition coefficient (Wildman–Crippen LogP) is 11.6. The van der Waals surface area contributed by atoms with Gasteiger partial charge in [-0.3, -0.25) is 18.6 Å². The molecule has 0 aliphatic carbocycles. The lowest BCUT2D eigenvalue weighted by molar-refractivity contribution is -0.870. The summed E-state index contributed by atoms with van der Waals surface area (Å²) < 4.78 is 34.1. The summed E-state index contributed by atoms with van der Waals surface area (Å²) >= 11 is 0. The van der Waals surface area contributed by atoms with E-state index in [0.29, 0.717) is 30.3 Å². The molecule has 0 fully saturated rings. The van der Waals surface area contributed by atoms with Gasteiger partial charge in [0.2, 0.25) is 0 Å². The van der Waals surface area contributed by atoms with Crippen LogP contribution < -0.4 is 0 Å². The lowest BCUT2D eigenvalue weighted by Crippen LogP contribution is -2.37. The van der Waals surface area contributed by atoms with E-state index in [2.05, 4.69) is 44.2 Å². The highest BCUT2D eigenvalue weighted by Crippen LogP contribution is 2.43. The maximum atomic E-state index is 12.6. The molecule has 2 atom stereocenters. The first-order valence-corrected chi connectivity index (χ1v) is 22.4. The second kappa shape index (κ2) is 36.8. The van der Waals surface area contributed by atoms with Crippen LogP contribution in [0.25, 0.3) is 0 Å². The predicted molar refractivity (Wildman–Crippen MR) is 229 cm³/mol. The number of allylic oxidation sites excluding steroid dienone is 14. The van der Waals surface area contributed by atoms with Gasteiger partial charge in [0.15, 0.2) is 6.10 Å². The second-order valence-electron chi connectivity index (χ2n) is 14.8. The standard InChI is InChI=1S/C45H76NO8P/c1-6-8-10-12-14-16-18-20-21-22-23-24-26-27-29-31-33-35-37-44(47)51-41-43(42-53-55(49,50)52-40-39-46(3,4)5)54-45(48)38-36-34-32-30-28-25-19-17-15-13-11-9-7-2/h9,11,13,15,17,19,21-25,28,30,32,43H,6-8,10,12,14,16,18,20,26-27,29,31,33-42H2,1-5H3/p+1/b11-9+,15-13+,19-17+,22-21+,24-23+,28-25+,32-30+. The van der Waals surface area contributed by atoms with Crippen LogP contribution >= 0.6 is 7.82 Å². The van der Waals surface area contributed by atoms with E-state index in [4.69, 9.17) is 18.5 Å². The first-order valence-electron chi connectivity index (χ1n) is 20.9. The number of rotatable bonds is 36. The molecule has 0 saturated carbocycles. The van der Waals surface area contributed by atoms with Gasteiger partial charge >= 0.3 is 19.8 Å². The molecular formula is C45H77NO8P+. The van der Waals surface area contributed by atoms with Crippen molar-refractivity contribution >= 4 is 19.8 Å². The Balaban J connectivity index is 4.51. The number of likely N-dealkylation sites (N-methyl/N-ethyl adjacent to an activating group) is 1. The number of hydrogen-bond acceptors (Lipinski definition) is 7. The number of esters is 2. The summed E-state index contributed by atoms with van der Waals surface area (Å²) in [6.45, 7) is 4.14. The van der Waals surface area contributed by atoms with Crippen LogP contribution in [-0.4, -0.2) is 74.9 Å². The van der Waals surface area contributed by atoms with Crippen molar-refractivity contribution in [1.82, 2.24) is 0 Å². The molecule has 10 heteroatoms. The fourth-order valence-corrected chi connectivity index (χ4v) is 5.77. The molecule has 1 N–H and O–H groups in total. The van der Waals surface area contributed by atoms with Crippen LogP contribution in [0.3, 0.4) is 0 Å². The molecule has 0 aromatic rings. The van der Waals surface area contributed by atoms with E-state index in [9.17, 15) is 19.0 Å². The van der Waals surface area contributed by atoms with Gasteiger partial charge in [-0.25, -0.2) is 4.57 Å². The molecule has 0 saturated heterocycles. The Morgan fingerprint density at radius 2 is 1.05 bits per heavy atom. The summed E-state index contributed by atoms with van der Waals surface area (Å²) in [7, 11) is 1.40. The number of ether oxygens (including phenoxy) is 2. The van der Waals surface area contributed by atoms with E-state index in [1.165, 1.54) is 44.9 Å². The smallest absolute Gasteiger partial charge is 0.462 e. The molecule has 0 aromatic heterocycles. The normalized spacial score (nSPS) is 14.5. The Hall–Kier alpha value is -2.81. The van der Waals surface area contributed by atoms with Gasteiger partial charge in [-0.05, 0) is 51.4 Å². The summed E-state index contributed by atoms with van der Waals surface area (Å²) in [5.41, 5.74) is 0. The topological polar surface area (TPSA) is 108 Å². The van der Waals surface area contributed by atoms with E-state index in [-0.39, 0.29) is 26.1 Å². The highest BCUT2D eigenvalue weighted by atomic mass is 31.2. The number of phosphoric acid groups is 1. The maximum Gasteiger partial charge on any atom is 0.472 e. The summed E-state index contributed by atoms with van der Waals surface area (Å²) in [6.07, 6.45) is 46.5. The van der Waals surface area contributed by atoms with Gasteiger partial charge in [0.1, 0.15) is 19.8 Å². The highest BCUT2D eigenvalue weighted by molar-refractivity contribution is 7.47. The third kappa shape index (κ3) is 40.7. The molecule has 0 bridgehead atoms. The van der Waals surface area contributed by atoms with Gasteiger partial charge in [0, 0.05) is 12.8 Å². The van der Waals surface area contributed by atoms with E-state index < -0.39 is 32.5 Å². The van der Waals surface area contributed by atoms with E-state index in [0.717, 1.165) is 44.9 Å². The molecule has 9 nitrogen and oxygen atoms in total. The van der Waals surface area contributed by atoms with Crippen molar-refractivity contribution in [2.45, 2.75) is 142 Å². The van der Waals surface area contributed by atoms with Crippen molar-refractivity contribution in [3.05, 3.63) is 85.1 Å². The largest absolute Gasteiger partial charge is 0.472 e. The molecular weight excluding hydrogens is 713 g/mol. The number of unbranched alkanes of at least 4 members (excludes halogenated alkanes) is 13. The Kier molecular flexibility index (Phi) is 34.9. The molecule has 0 aliphatic rings. The summed E-state index contributed by atoms with van der Waals surface area (Å²) in [6, 6.07) is 0. The van der Waals surface area contributed by atoms with E-state index in [1.54, 1.807) is 0 Å². The quantitative estimate of drug-likeness (QED) is 0.0220. The van der Waals surface area contributed by atoms with Crippen molar-refractivity contribution in [3.8, 4) is 0 Å². The SMILES string of the molecule is CC/C=C/C=C/C=C/C=C/C=C/CCCC(=O)OC(COC(=O)CCCCCCC/C=C/C=C/CCCCCCCCC)COP(=O)(O)OCC[N+](C)(C)C. The number of carbonyl (C=O) groups is 2. The van der Waals surface area contributed by atoms with Crippen molar-refractivity contribution in [2.75, 3.05) is 47.5 Å². The van der Waals surface area contributed by atoms with Crippen LogP contribution in [0.15, 0.2) is 85.1 Å². The van der Waals surface area contributed by atoms with Crippen LogP contribution in [0.2, 0.25) is 0 Å². The van der Waals surface area contributed by atoms with Crippen molar-refractivity contribution in [3.63, 3.8) is 0 Å². The molecule has 0 aliphatic heterocycles. The van der Waals surface area contributed by atoms with Crippen molar-refractivity contribution in [2.24, 2.45) is 0 Å². The lowest BCUT2D eigenvalue weighted by atomic mass is 10.1. The Morgan fingerprint density at radius 3 is 1.62 bits per heavy atom. The zero-order chi connectivity index (χ0) is 40.7. The average Bonchev–Trinajstić information content (AvgIpc) is 3.13. The van der Waals surface area contributed by atoms with Gasteiger partial charge in [-0.15, -0.1) is 0 Å². The molecule has 0 heterocycles. The van der Waals surface area contributed by atoms with Gasteiger partial charge in [0.05, 0.1) is 27.7 Å². The first-order chi connectivity index (χ1) is 26.5. The summed E-state index contributed by atoms with van der Waals surface area (Å²) in [5.74, 6) is -0.912. The average molecular weight is 791 g/mol. The Bertz CT molecular complexity index is 1210. The zero-order valence-electron chi connectivity index (χ0n) is 35.1. The molecule has 0 rings (SSSR count). The molecule has 0 aromatic carbocycles. The number of carbonyl (C=O) groups excluding carboxylic acids is 2. The molecule has 2 unspecified atom stereocenters. The van der Waals surface area contributed by atoms with Crippen LogP contribution in [0.5, 0.6) is 0 Å². The monoisotopic (exact) mass is 791 g/mol. The number of phosphoric ester groups is 1. The molecule has 314 valence electrons. The fraction of sp³-hybridized carbons (Fsp3) is 0.644. The van der Waals surface area contributed by atoms with Crippen molar-refractivity contribution < 1.29 is 42.1 Å². The minimum absolute atomic E-state index is 0.0108. The number of hydrogen-bond donors (Lipinski definition) is 1. The third-order valence-corrected chi connectivity index (χ3v) is 9.30. The second-order valence-corrected chi connectivity index (χ2v) is 16.2. The summed E-state index contributed by atoms with van der Waals surface area (Å²) in [5, 5.41) is 0. The summed E-state index contributed by atoms with van der Waals surface area (Å²) in [4.78, 5) is 35.2. The Morgan fingerprint density at radius 1 is 0.582 bits per heavy atom. The number of nitrogens with zero attached hydrogens (tertiary/aromatic N) is 1. The van der Waals surface area contributed by atoms with Crippen LogP contribution in [0.1, 0.15) is 136 Å². The molecule has 55 heavy (non-hydrogen) atoms. The van der Waals surface area contributed by atoms with Crippen LogP contribution in [-0.2, 0) is 32.7 Å². The molecule has 0 amide bonds. The highest BCUT2D eigenvalue weighted by Gasteiger charge is 2.27. The van der Waals surface area contributed by atoms with Crippen molar-refractivity contribution in [1.29, 1.82) is 0 Å². The first kappa shape index (κ1) is 52.2. The van der Waals surface area contributed by atoms with Crippen LogP contribution in [0, 0.1) is 0 Å². The minimum atomic E-state index is -4.40. The maximum absolute atomic E-state index is 12.6. The Labute approximate surface area is 335 Å². The van der Waals surface area contributed by atoms with E-state index in [1.807, 2.05) is 75.8 Å². The van der Waals surface area contributed by atoms with Gasteiger partial charge < -0.3 is 18.9 Å². The molecule has 0 spiro atoms. The van der Waals surface area contributed by atoms with Gasteiger partial charge in [-0.1, -0.05) is 157 Å². The lowest BCUT2D eigenvalue weighted by Gasteiger charge is -2.24. The molecule has 0 radical (unpaired) electrons. The van der Waals surface area contributed by atoms with Gasteiger partial charge in [-0.2, -0.15) is 0 Å². The fourth-order valence-electron chi connectivity index (χ4n) is 5.03. The number of quaternary nitrogens is 1. The van der Waals surface area contributed by atoms with Gasteiger partial charge in [0.25, 0.3) is 0 Å².